The number of aliphatic carboxylic acids is 1. The SMILES string of the molecule is CON=C(C(=O)N[C@@H]1C(=O)N2[C@@H]1SC(C)(C)[C@@H]2C(=O)O)c1cccn1C. The number of carbonyl (C=O) groups is 3. The summed E-state index contributed by atoms with van der Waals surface area (Å²) in [5.74, 6) is -2.00. The Hall–Kier alpha value is -2.49. The van der Waals surface area contributed by atoms with Crippen molar-refractivity contribution in [2.75, 3.05) is 7.11 Å². The zero-order chi connectivity index (χ0) is 19.2. The molecular weight excluding hydrogens is 360 g/mol. The van der Waals surface area contributed by atoms with Gasteiger partial charge in [-0.3, -0.25) is 9.59 Å². The van der Waals surface area contributed by atoms with Gasteiger partial charge in [0.25, 0.3) is 5.91 Å². The lowest BCUT2D eigenvalue weighted by molar-refractivity contribution is -0.160. The summed E-state index contributed by atoms with van der Waals surface area (Å²) in [5, 5.41) is 15.5. The third-order valence-corrected chi connectivity index (χ3v) is 6.12. The second-order valence-corrected chi connectivity index (χ2v) is 8.45. The lowest BCUT2D eigenvalue weighted by Gasteiger charge is -2.43. The molecule has 2 amide bonds. The monoisotopic (exact) mass is 380 g/mol. The van der Waals surface area contributed by atoms with E-state index < -0.39 is 40.0 Å². The van der Waals surface area contributed by atoms with Crippen LogP contribution in [0.1, 0.15) is 19.5 Å². The van der Waals surface area contributed by atoms with Gasteiger partial charge in [0.15, 0.2) is 5.71 Å². The van der Waals surface area contributed by atoms with Gasteiger partial charge in [-0.25, -0.2) is 4.79 Å². The molecule has 1 aromatic rings. The quantitative estimate of drug-likeness (QED) is 0.423. The number of fused-ring (bicyclic) bond motifs is 1. The van der Waals surface area contributed by atoms with Gasteiger partial charge in [-0.05, 0) is 26.0 Å². The smallest absolute Gasteiger partial charge is 0.327 e. The molecule has 2 N–H and O–H groups in total. The first-order valence-electron chi connectivity index (χ1n) is 7.95. The van der Waals surface area contributed by atoms with E-state index in [1.807, 2.05) is 0 Å². The Kier molecular flexibility index (Phi) is 4.47. The van der Waals surface area contributed by atoms with Gasteiger partial charge in [0, 0.05) is 18.0 Å². The minimum atomic E-state index is -1.05. The largest absolute Gasteiger partial charge is 0.480 e. The summed E-state index contributed by atoms with van der Waals surface area (Å²) < 4.78 is 1.06. The minimum Gasteiger partial charge on any atom is -0.480 e. The highest BCUT2D eigenvalue weighted by molar-refractivity contribution is 8.01. The molecule has 0 radical (unpaired) electrons. The van der Waals surface area contributed by atoms with Crippen molar-refractivity contribution < 1.29 is 24.3 Å². The Morgan fingerprint density at radius 3 is 2.65 bits per heavy atom. The van der Waals surface area contributed by atoms with Crippen LogP contribution in [0.5, 0.6) is 0 Å². The van der Waals surface area contributed by atoms with E-state index in [4.69, 9.17) is 4.84 Å². The number of hydrogen-bond donors (Lipinski definition) is 2. The van der Waals surface area contributed by atoms with Crippen molar-refractivity contribution in [3.05, 3.63) is 24.0 Å². The van der Waals surface area contributed by atoms with Gasteiger partial charge in [0.1, 0.15) is 24.6 Å². The molecule has 2 fully saturated rings. The van der Waals surface area contributed by atoms with E-state index in [0.717, 1.165) is 0 Å². The summed E-state index contributed by atoms with van der Waals surface area (Å²) in [5.41, 5.74) is 0.582. The number of β-lactam (4-membered cyclic amide) rings is 1. The van der Waals surface area contributed by atoms with Crippen molar-refractivity contribution in [2.24, 2.45) is 12.2 Å². The average Bonchev–Trinajstić information content (AvgIpc) is 3.08. The standard InChI is InChI=1S/C16H20N4O5S/c1-16(2)11(15(23)24)20-13(22)10(14(20)26-16)17-12(21)9(18-25-4)8-6-5-7-19(8)3/h5-7,10-11,14H,1-4H3,(H,17,21)(H,23,24)/t10-,11+,14-/m1/s1. The number of carbonyl (C=O) groups excluding carboxylic acids is 2. The van der Waals surface area contributed by atoms with Crippen LogP contribution in [0, 0.1) is 0 Å². The van der Waals surface area contributed by atoms with Crippen LogP contribution in [0.2, 0.25) is 0 Å². The molecule has 26 heavy (non-hydrogen) atoms. The fourth-order valence-electron chi connectivity index (χ4n) is 3.36. The lowest BCUT2D eigenvalue weighted by Crippen LogP contribution is -2.71. The molecule has 3 rings (SSSR count). The first kappa shape index (κ1) is 18.3. The first-order chi connectivity index (χ1) is 12.2. The molecule has 2 saturated heterocycles. The molecule has 0 spiro atoms. The Morgan fingerprint density at radius 2 is 2.12 bits per heavy atom. The molecule has 1 aromatic heterocycles. The summed E-state index contributed by atoms with van der Waals surface area (Å²) in [6, 6.07) is 1.76. The Balaban J connectivity index is 1.79. The van der Waals surface area contributed by atoms with Gasteiger partial charge in [-0.1, -0.05) is 5.16 Å². The number of aromatic nitrogens is 1. The topological polar surface area (TPSA) is 113 Å². The van der Waals surface area contributed by atoms with Crippen LogP contribution in [0.4, 0.5) is 0 Å². The van der Waals surface area contributed by atoms with Crippen LogP contribution in [0.15, 0.2) is 23.5 Å². The van der Waals surface area contributed by atoms with Crippen LogP contribution in [-0.4, -0.2) is 67.4 Å². The van der Waals surface area contributed by atoms with E-state index in [-0.39, 0.29) is 5.71 Å². The molecule has 0 unspecified atom stereocenters. The predicted molar refractivity (Wildman–Crippen MR) is 94.6 cm³/mol. The zero-order valence-electron chi connectivity index (χ0n) is 14.8. The van der Waals surface area contributed by atoms with Crippen LogP contribution in [-0.2, 0) is 26.3 Å². The number of nitrogens with one attached hydrogen (secondary N) is 1. The van der Waals surface area contributed by atoms with Crippen LogP contribution in [0.25, 0.3) is 0 Å². The maximum Gasteiger partial charge on any atom is 0.327 e. The number of thioether (sulfide) groups is 1. The minimum absolute atomic E-state index is 0.0447. The molecule has 10 heteroatoms. The fourth-order valence-corrected chi connectivity index (χ4v) is 4.98. The lowest BCUT2D eigenvalue weighted by atomic mass is 9.96. The van der Waals surface area contributed by atoms with Crippen molar-refractivity contribution in [3.63, 3.8) is 0 Å². The summed E-state index contributed by atoms with van der Waals surface area (Å²) in [6.45, 7) is 3.56. The molecule has 0 aliphatic carbocycles. The highest BCUT2D eigenvalue weighted by Gasteiger charge is 2.64. The van der Waals surface area contributed by atoms with Crippen molar-refractivity contribution in [2.45, 2.75) is 36.1 Å². The van der Waals surface area contributed by atoms with Crippen molar-refractivity contribution in [3.8, 4) is 0 Å². The molecular formula is C16H20N4O5S. The molecule has 9 nitrogen and oxygen atoms in total. The van der Waals surface area contributed by atoms with Crippen LogP contribution in [0.3, 0.4) is 0 Å². The number of aryl methyl sites for hydroxylation is 1. The average molecular weight is 380 g/mol. The number of amides is 2. The number of oxime groups is 1. The Bertz CT molecular complexity index is 802. The Labute approximate surface area is 154 Å². The third kappa shape index (κ3) is 2.74. The molecule has 2 aliphatic heterocycles. The van der Waals surface area contributed by atoms with Crippen molar-refractivity contribution in [1.82, 2.24) is 14.8 Å². The van der Waals surface area contributed by atoms with Crippen LogP contribution < -0.4 is 5.32 Å². The molecule has 0 aromatic carbocycles. The second-order valence-electron chi connectivity index (χ2n) is 6.68. The Morgan fingerprint density at radius 1 is 1.42 bits per heavy atom. The van der Waals surface area contributed by atoms with E-state index >= 15 is 0 Å². The molecule has 0 bridgehead atoms. The number of carboxylic acid groups (broad SMARTS) is 1. The fraction of sp³-hybridized carbons (Fsp3) is 0.500. The molecule has 0 saturated carbocycles. The summed E-state index contributed by atoms with van der Waals surface area (Å²) >= 11 is 1.37. The molecule has 140 valence electrons. The number of rotatable bonds is 5. The van der Waals surface area contributed by atoms with Gasteiger partial charge in [-0.2, -0.15) is 0 Å². The van der Waals surface area contributed by atoms with Crippen molar-refractivity contribution >= 4 is 35.3 Å². The maximum atomic E-state index is 12.7. The normalized spacial score (nSPS) is 26.9. The second kappa shape index (κ2) is 6.35. The zero-order valence-corrected chi connectivity index (χ0v) is 15.6. The highest BCUT2D eigenvalue weighted by atomic mass is 32.2. The summed E-state index contributed by atoms with van der Waals surface area (Å²) in [4.78, 5) is 42.8. The third-order valence-electron chi connectivity index (χ3n) is 4.55. The van der Waals surface area contributed by atoms with E-state index in [0.29, 0.717) is 5.69 Å². The number of carboxylic acids is 1. The van der Waals surface area contributed by atoms with Crippen LogP contribution >= 0.6 is 11.8 Å². The van der Waals surface area contributed by atoms with E-state index in [1.165, 1.54) is 23.8 Å². The number of hydrogen-bond acceptors (Lipinski definition) is 6. The van der Waals surface area contributed by atoms with E-state index in [1.54, 1.807) is 43.8 Å². The maximum absolute atomic E-state index is 12.7. The predicted octanol–water partition coefficient (Wildman–Crippen LogP) is 0.00730. The number of nitrogens with zero attached hydrogens (tertiary/aromatic N) is 3. The van der Waals surface area contributed by atoms with Gasteiger partial charge in [0.05, 0.1) is 5.69 Å². The van der Waals surface area contributed by atoms with Gasteiger partial charge in [-0.15, -0.1) is 11.8 Å². The molecule has 3 heterocycles. The molecule has 2 aliphatic rings. The molecule has 3 atom stereocenters. The van der Waals surface area contributed by atoms with Gasteiger partial charge in [0.2, 0.25) is 5.91 Å². The van der Waals surface area contributed by atoms with Crippen molar-refractivity contribution in [1.29, 1.82) is 0 Å². The summed E-state index contributed by atoms with van der Waals surface area (Å²) in [7, 11) is 3.09. The van der Waals surface area contributed by atoms with E-state index in [9.17, 15) is 19.5 Å². The van der Waals surface area contributed by atoms with Gasteiger partial charge < -0.3 is 24.7 Å². The highest BCUT2D eigenvalue weighted by Crippen LogP contribution is 2.50. The summed E-state index contributed by atoms with van der Waals surface area (Å²) in [6.07, 6.45) is 1.76. The van der Waals surface area contributed by atoms with Gasteiger partial charge >= 0.3 is 5.97 Å². The van der Waals surface area contributed by atoms with E-state index in [2.05, 4.69) is 10.5 Å². The first-order valence-corrected chi connectivity index (χ1v) is 8.83.